The lowest BCUT2D eigenvalue weighted by molar-refractivity contribution is 0.211. The van der Waals surface area contributed by atoms with Gasteiger partial charge in [-0.15, -0.1) is 0 Å². The number of nitrogens with one attached hydrogen (secondary N) is 2. The van der Waals surface area contributed by atoms with Gasteiger partial charge < -0.3 is 15.5 Å². The number of urea groups is 1. The molecular weight excluding hydrogens is 238 g/mol. The van der Waals surface area contributed by atoms with Gasteiger partial charge in [0.2, 0.25) is 0 Å². The molecule has 2 amide bonds. The lowest BCUT2D eigenvalue weighted by Crippen LogP contribution is -2.34. The Balaban J connectivity index is 1.62. The van der Waals surface area contributed by atoms with Gasteiger partial charge in [-0.05, 0) is 57.5 Å². The normalized spacial score (nSPS) is 17.1. The molecule has 4 heteroatoms. The molecule has 1 heterocycles. The second kappa shape index (κ2) is 7.14. The summed E-state index contributed by atoms with van der Waals surface area (Å²) in [5.41, 5.74) is 0.833. The smallest absolute Gasteiger partial charge is 0.319 e. The first-order valence-electron chi connectivity index (χ1n) is 7.02. The maximum atomic E-state index is 11.7. The van der Waals surface area contributed by atoms with E-state index in [-0.39, 0.29) is 6.03 Å². The maximum Gasteiger partial charge on any atom is 0.319 e. The number of piperidine rings is 1. The monoisotopic (exact) mass is 261 g/mol. The SMILES string of the molecule is CN1CCC(CCNC(=O)Nc2ccccc2)CC1. The Morgan fingerprint density at radius 1 is 1.26 bits per heavy atom. The summed E-state index contributed by atoms with van der Waals surface area (Å²) >= 11 is 0. The summed E-state index contributed by atoms with van der Waals surface area (Å²) in [7, 11) is 2.17. The average Bonchev–Trinajstić information content (AvgIpc) is 2.42. The van der Waals surface area contributed by atoms with Crippen molar-refractivity contribution in [2.24, 2.45) is 5.92 Å². The van der Waals surface area contributed by atoms with Crippen LogP contribution in [-0.2, 0) is 0 Å². The fourth-order valence-corrected chi connectivity index (χ4v) is 2.44. The number of likely N-dealkylation sites (tertiary alicyclic amines) is 1. The highest BCUT2D eigenvalue weighted by Crippen LogP contribution is 2.18. The molecule has 104 valence electrons. The van der Waals surface area contributed by atoms with Crippen LogP contribution in [0.3, 0.4) is 0 Å². The van der Waals surface area contributed by atoms with Crippen LogP contribution in [0, 0.1) is 5.92 Å². The molecule has 1 aromatic rings. The van der Waals surface area contributed by atoms with Crippen LogP contribution in [0.2, 0.25) is 0 Å². The first-order chi connectivity index (χ1) is 9.24. The van der Waals surface area contributed by atoms with Gasteiger partial charge in [0.05, 0.1) is 0 Å². The second-order valence-corrected chi connectivity index (χ2v) is 5.28. The molecular formula is C15H23N3O. The Bertz CT molecular complexity index is 386. The highest BCUT2D eigenvalue weighted by atomic mass is 16.2. The molecule has 0 aliphatic carbocycles. The third kappa shape index (κ3) is 4.91. The van der Waals surface area contributed by atoms with E-state index >= 15 is 0 Å². The molecule has 19 heavy (non-hydrogen) atoms. The van der Waals surface area contributed by atoms with Crippen molar-refractivity contribution in [1.29, 1.82) is 0 Å². The van der Waals surface area contributed by atoms with Crippen molar-refractivity contribution in [2.75, 3.05) is 32.0 Å². The predicted octanol–water partition coefficient (Wildman–Crippen LogP) is 2.54. The summed E-state index contributed by atoms with van der Waals surface area (Å²) in [4.78, 5) is 14.0. The van der Waals surface area contributed by atoms with Crippen LogP contribution in [0.1, 0.15) is 19.3 Å². The van der Waals surface area contributed by atoms with Gasteiger partial charge in [0, 0.05) is 12.2 Å². The molecule has 0 aromatic heterocycles. The number of rotatable bonds is 4. The standard InChI is InChI=1S/C15H23N3O/c1-18-11-8-13(9-12-18)7-10-16-15(19)17-14-5-3-2-4-6-14/h2-6,13H,7-12H2,1H3,(H2,16,17,19). The number of hydrogen-bond donors (Lipinski definition) is 2. The molecule has 2 rings (SSSR count). The third-order valence-electron chi connectivity index (χ3n) is 3.71. The lowest BCUT2D eigenvalue weighted by Gasteiger charge is -2.28. The van der Waals surface area contributed by atoms with Crippen molar-refractivity contribution < 1.29 is 4.79 Å². The Labute approximate surface area is 115 Å². The van der Waals surface area contributed by atoms with Crippen molar-refractivity contribution in [3.8, 4) is 0 Å². The highest BCUT2D eigenvalue weighted by molar-refractivity contribution is 5.89. The molecule has 1 fully saturated rings. The summed E-state index contributed by atoms with van der Waals surface area (Å²) in [6.07, 6.45) is 3.58. The van der Waals surface area contributed by atoms with E-state index in [2.05, 4.69) is 22.6 Å². The van der Waals surface area contributed by atoms with Crippen LogP contribution in [-0.4, -0.2) is 37.6 Å². The molecule has 0 unspecified atom stereocenters. The first kappa shape index (κ1) is 13.9. The lowest BCUT2D eigenvalue weighted by atomic mass is 9.94. The van der Waals surface area contributed by atoms with Gasteiger partial charge in [0.25, 0.3) is 0 Å². The van der Waals surface area contributed by atoms with Crippen LogP contribution in [0.15, 0.2) is 30.3 Å². The Hall–Kier alpha value is -1.55. The number of amides is 2. The molecule has 2 N–H and O–H groups in total. The van der Waals surface area contributed by atoms with E-state index in [1.54, 1.807) is 0 Å². The predicted molar refractivity (Wildman–Crippen MR) is 78.3 cm³/mol. The number of carbonyl (C=O) groups excluding carboxylic acids is 1. The van der Waals surface area contributed by atoms with Gasteiger partial charge in [0.15, 0.2) is 0 Å². The van der Waals surface area contributed by atoms with Gasteiger partial charge in [-0.25, -0.2) is 4.79 Å². The number of para-hydroxylation sites is 1. The van der Waals surface area contributed by atoms with Crippen molar-refractivity contribution in [3.05, 3.63) is 30.3 Å². The quantitative estimate of drug-likeness (QED) is 0.875. The molecule has 0 radical (unpaired) electrons. The largest absolute Gasteiger partial charge is 0.338 e. The summed E-state index contributed by atoms with van der Waals surface area (Å²) in [6.45, 7) is 3.12. The maximum absolute atomic E-state index is 11.7. The summed E-state index contributed by atoms with van der Waals surface area (Å²) in [6, 6.07) is 9.41. The average molecular weight is 261 g/mol. The molecule has 1 saturated heterocycles. The minimum atomic E-state index is -0.112. The van der Waals surface area contributed by atoms with Crippen LogP contribution in [0.25, 0.3) is 0 Å². The molecule has 1 aliphatic rings. The molecule has 0 saturated carbocycles. The van der Waals surface area contributed by atoms with E-state index in [1.165, 1.54) is 25.9 Å². The summed E-state index contributed by atoms with van der Waals surface area (Å²) in [5, 5.41) is 5.75. The number of nitrogens with zero attached hydrogens (tertiary/aromatic N) is 1. The van der Waals surface area contributed by atoms with Crippen LogP contribution in [0.5, 0.6) is 0 Å². The zero-order chi connectivity index (χ0) is 13.5. The fraction of sp³-hybridized carbons (Fsp3) is 0.533. The van der Waals surface area contributed by atoms with Gasteiger partial charge in [-0.2, -0.15) is 0 Å². The summed E-state index contributed by atoms with van der Waals surface area (Å²) in [5.74, 6) is 0.758. The van der Waals surface area contributed by atoms with E-state index in [0.717, 1.165) is 24.6 Å². The van der Waals surface area contributed by atoms with Crippen molar-refractivity contribution in [1.82, 2.24) is 10.2 Å². The summed E-state index contributed by atoms with van der Waals surface area (Å²) < 4.78 is 0. The van der Waals surface area contributed by atoms with Crippen molar-refractivity contribution >= 4 is 11.7 Å². The van der Waals surface area contributed by atoms with Crippen molar-refractivity contribution in [3.63, 3.8) is 0 Å². The minimum Gasteiger partial charge on any atom is -0.338 e. The molecule has 1 aromatic carbocycles. The highest BCUT2D eigenvalue weighted by Gasteiger charge is 2.16. The molecule has 0 spiro atoms. The van der Waals surface area contributed by atoms with Gasteiger partial charge in [-0.3, -0.25) is 0 Å². The molecule has 0 bridgehead atoms. The second-order valence-electron chi connectivity index (χ2n) is 5.28. The molecule has 4 nitrogen and oxygen atoms in total. The van der Waals surface area contributed by atoms with Gasteiger partial charge in [-0.1, -0.05) is 18.2 Å². The minimum absolute atomic E-state index is 0.112. The number of benzene rings is 1. The van der Waals surface area contributed by atoms with E-state index in [4.69, 9.17) is 0 Å². The fourth-order valence-electron chi connectivity index (χ4n) is 2.44. The van der Waals surface area contributed by atoms with E-state index in [9.17, 15) is 4.79 Å². The molecule has 0 atom stereocenters. The zero-order valence-electron chi connectivity index (χ0n) is 11.6. The van der Waals surface area contributed by atoms with Crippen LogP contribution < -0.4 is 10.6 Å². The first-order valence-corrected chi connectivity index (χ1v) is 7.02. The topological polar surface area (TPSA) is 44.4 Å². The van der Waals surface area contributed by atoms with Crippen LogP contribution in [0.4, 0.5) is 10.5 Å². The Morgan fingerprint density at radius 2 is 1.95 bits per heavy atom. The van der Waals surface area contributed by atoms with Gasteiger partial charge >= 0.3 is 6.03 Å². The zero-order valence-corrected chi connectivity index (χ0v) is 11.6. The van der Waals surface area contributed by atoms with Gasteiger partial charge in [0.1, 0.15) is 0 Å². The molecule has 1 aliphatic heterocycles. The third-order valence-corrected chi connectivity index (χ3v) is 3.71. The van der Waals surface area contributed by atoms with Crippen LogP contribution >= 0.6 is 0 Å². The number of carbonyl (C=O) groups is 1. The van der Waals surface area contributed by atoms with E-state index in [0.29, 0.717) is 0 Å². The number of anilines is 1. The van der Waals surface area contributed by atoms with Crippen molar-refractivity contribution in [2.45, 2.75) is 19.3 Å². The number of hydrogen-bond acceptors (Lipinski definition) is 2. The van der Waals surface area contributed by atoms with E-state index < -0.39 is 0 Å². The Kier molecular flexibility index (Phi) is 5.21. The Morgan fingerprint density at radius 3 is 2.63 bits per heavy atom. The van der Waals surface area contributed by atoms with E-state index in [1.807, 2.05) is 30.3 Å².